The summed E-state index contributed by atoms with van der Waals surface area (Å²) in [7, 11) is 1.65. The quantitative estimate of drug-likeness (QED) is 0.144. The molecule has 5 N–H and O–H groups in total. The zero-order valence-electron chi connectivity index (χ0n) is 25.0. The Morgan fingerprint density at radius 2 is 1.68 bits per heavy atom. The van der Waals surface area contributed by atoms with E-state index < -0.39 is 18.1 Å². The molecular formula is C30H53ClN2O7. The van der Waals surface area contributed by atoms with Crippen LogP contribution in [0.4, 0.5) is 0 Å². The first kappa shape index (κ1) is 37.9. The minimum atomic E-state index is -0.849. The van der Waals surface area contributed by atoms with Crippen LogP contribution in [0.2, 0.25) is 0 Å². The number of carboxylic acid groups (broad SMARTS) is 1. The molecule has 1 rings (SSSR count). The summed E-state index contributed by atoms with van der Waals surface area (Å²) in [5.74, 6) is 0.551. The van der Waals surface area contributed by atoms with Gasteiger partial charge in [-0.25, -0.2) is 0 Å². The van der Waals surface area contributed by atoms with Gasteiger partial charge in [0.2, 0.25) is 5.91 Å². The molecule has 4 atom stereocenters. The number of carbonyl (C=O) groups is 2. The predicted octanol–water partition coefficient (Wildman–Crippen LogP) is 4.60. The summed E-state index contributed by atoms with van der Waals surface area (Å²) in [5, 5.41) is 22.6. The molecule has 232 valence electrons. The van der Waals surface area contributed by atoms with E-state index in [4.69, 9.17) is 25.1 Å². The molecule has 0 spiro atoms. The van der Waals surface area contributed by atoms with Crippen molar-refractivity contribution in [2.75, 3.05) is 33.5 Å². The van der Waals surface area contributed by atoms with Crippen molar-refractivity contribution >= 4 is 24.3 Å². The van der Waals surface area contributed by atoms with Crippen LogP contribution in [0.15, 0.2) is 18.2 Å². The molecule has 0 unspecified atom stereocenters. The van der Waals surface area contributed by atoms with Gasteiger partial charge in [-0.05, 0) is 61.6 Å². The van der Waals surface area contributed by atoms with Crippen molar-refractivity contribution in [1.29, 1.82) is 0 Å². The van der Waals surface area contributed by atoms with Crippen molar-refractivity contribution in [3.05, 3.63) is 23.8 Å². The molecule has 1 amide bonds. The summed E-state index contributed by atoms with van der Waals surface area (Å²) in [4.78, 5) is 23.1. The third-order valence-electron chi connectivity index (χ3n) is 6.93. The van der Waals surface area contributed by atoms with Crippen molar-refractivity contribution in [1.82, 2.24) is 5.32 Å². The molecule has 1 aromatic carbocycles. The van der Waals surface area contributed by atoms with Crippen LogP contribution >= 0.6 is 12.4 Å². The first-order chi connectivity index (χ1) is 18.6. The van der Waals surface area contributed by atoms with Crippen LogP contribution in [-0.4, -0.2) is 67.7 Å². The lowest BCUT2D eigenvalue weighted by molar-refractivity contribution is -0.137. The van der Waals surface area contributed by atoms with E-state index in [1.165, 1.54) is 0 Å². The van der Waals surface area contributed by atoms with Crippen LogP contribution in [0.1, 0.15) is 78.2 Å². The summed E-state index contributed by atoms with van der Waals surface area (Å²) in [6.45, 7) is 10.2. The molecule has 0 saturated carbocycles. The van der Waals surface area contributed by atoms with E-state index in [2.05, 4.69) is 26.1 Å². The first-order valence-electron chi connectivity index (χ1n) is 14.4. The van der Waals surface area contributed by atoms with Gasteiger partial charge in [0.1, 0.15) is 0 Å². The Kier molecular flexibility index (Phi) is 20.5. The molecule has 40 heavy (non-hydrogen) atoms. The Hall–Kier alpha value is -2.07. The van der Waals surface area contributed by atoms with Gasteiger partial charge >= 0.3 is 5.97 Å². The molecule has 0 aliphatic carbocycles. The van der Waals surface area contributed by atoms with Gasteiger partial charge in [0.15, 0.2) is 11.5 Å². The maximum Gasteiger partial charge on any atom is 0.303 e. The number of amides is 1. The van der Waals surface area contributed by atoms with Crippen molar-refractivity contribution in [2.24, 2.45) is 23.5 Å². The molecule has 0 aromatic heterocycles. The van der Waals surface area contributed by atoms with E-state index in [9.17, 15) is 14.7 Å². The van der Waals surface area contributed by atoms with Crippen LogP contribution < -0.4 is 20.5 Å². The molecule has 0 aliphatic rings. The second-order valence-corrected chi connectivity index (χ2v) is 10.8. The normalized spacial score (nSPS) is 14.1. The fourth-order valence-electron chi connectivity index (χ4n) is 4.31. The molecule has 0 radical (unpaired) electrons. The highest BCUT2D eigenvalue weighted by Gasteiger charge is 2.26. The van der Waals surface area contributed by atoms with E-state index in [0.717, 1.165) is 31.2 Å². The van der Waals surface area contributed by atoms with Gasteiger partial charge in [0.05, 0.1) is 19.3 Å². The molecule has 0 aliphatic heterocycles. The number of hydrogen-bond donors (Lipinski definition) is 4. The van der Waals surface area contributed by atoms with Crippen LogP contribution in [0.3, 0.4) is 0 Å². The third kappa shape index (κ3) is 15.6. The number of methoxy groups -OCH3 is 1. The highest BCUT2D eigenvalue weighted by molar-refractivity contribution is 5.85. The summed E-state index contributed by atoms with van der Waals surface area (Å²) < 4.78 is 16.9. The molecule has 0 bridgehead atoms. The highest BCUT2D eigenvalue weighted by Crippen LogP contribution is 2.32. The van der Waals surface area contributed by atoms with Crippen molar-refractivity contribution in [3.63, 3.8) is 0 Å². The summed E-state index contributed by atoms with van der Waals surface area (Å²) in [6.07, 6.45) is 4.09. The van der Waals surface area contributed by atoms with Crippen molar-refractivity contribution < 1.29 is 34.0 Å². The smallest absolute Gasteiger partial charge is 0.303 e. The molecule has 0 fully saturated rings. The fraction of sp³-hybridized carbons (Fsp3) is 0.733. The van der Waals surface area contributed by atoms with Crippen LogP contribution in [0.25, 0.3) is 0 Å². The van der Waals surface area contributed by atoms with E-state index >= 15 is 0 Å². The van der Waals surface area contributed by atoms with Crippen LogP contribution in [0.5, 0.6) is 11.5 Å². The predicted molar refractivity (Wildman–Crippen MR) is 160 cm³/mol. The Balaban J connectivity index is 0.0000152. The van der Waals surface area contributed by atoms with Crippen molar-refractivity contribution in [3.8, 4) is 11.5 Å². The number of nitrogens with two attached hydrogens (primary N) is 1. The number of aliphatic hydroxyl groups excluding tert-OH is 1. The second-order valence-electron chi connectivity index (χ2n) is 10.8. The summed E-state index contributed by atoms with van der Waals surface area (Å²) >= 11 is 0. The van der Waals surface area contributed by atoms with E-state index in [-0.39, 0.29) is 43.2 Å². The minimum absolute atomic E-state index is 0. The van der Waals surface area contributed by atoms with Gasteiger partial charge in [-0.1, -0.05) is 40.2 Å². The van der Waals surface area contributed by atoms with Crippen molar-refractivity contribution in [2.45, 2.75) is 91.2 Å². The number of rotatable bonds is 22. The van der Waals surface area contributed by atoms with Gasteiger partial charge in [0, 0.05) is 45.1 Å². The SMILES string of the molecule is CCCCNC(=O)[C@H](C)C[C@H](O)[C@@H](N)C[C@H](Cc1ccc(OCCCC(=O)O)c(OCCCOC)c1)C(C)C.Cl. The van der Waals surface area contributed by atoms with Crippen LogP contribution in [0, 0.1) is 17.8 Å². The molecular weight excluding hydrogens is 536 g/mol. The third-order valence-corrected chi connectivity index (χ3v) is 6.93. The van der Waals surface area contributed by atoms with Gasteiger partial charge in [-0.2, -0.15) is 0 Å². The molecule has 10 heteroatoms. The van der Waals surface area contributed by atoms with Gasteiger partial charge in [-0.15, -0.1) is 12.4 Å². The van der Waals surface area contributed by atoms with E-state index in [0.29, 0.717) is 56.4 Å². The maximum absolute atomic E-state index is 12.3. The summed E-state index contributed by atoms with van der Waals surface area (Å²) in [5.41, 5.74) is 7.51. The highest BCUT2D eigenvalue weighted by atomic mass is 35.5. The maximum atomic E-state index is 12.3. The van der Waals surface area contributed by atoms with E-state index in [1.807, 2.05) is 25.1 Å². The molecule has 9 nitrogen and oxygen atoms in total. The average Bonchev–Trinajstić information content (AvgIpc) is 2.89. The Morgan fingerprint density at radius 1 is 1.00 bits per heavy atom. The van der Waals surface area contributed by atoms with Gasteiger partial charge in [0.25, 0.3) is 0 Å². The largest absolute Gasteiger partial charge is 0.490 e. The monoisotopic (exact) mass is 588 g/mol. The second kappa shape index (κ2) is 21.6. The van der Waals surface area contributed by atoms with E-state index in [1.54, 1.807) is 7.11 Å². The number of unbranched alkanes of at least 4 members (excludes halogenated alkanes) is 1. The standard InChI is InChI=1S/C30H52N2O7.ClH/c1-6-7-13-32-30(36)22(4)17-26(33)25(31)20-24(21(2)3)18-23-11-12-27(38-15-8-10-29(34)35)28(19-23)39-16-9-14-37-5;/h11-12,19,21-22,24-26,33H,6-10,13-18,20,31H2,1-5H3,(H,32,36)(H,34,35);1H/t22-,24+,25+,26+;/m1./s1. The zero-order valence-corrected chi connectivity index (χ0v) is 25.8. The first-order valence-corrected chi connectivity index (χ1v) is 14.4. The molecule has 1 aromatic rings. The number of aliphatic hydroxyl groups is 1. The van der Waals surface area contributed by atoms with Gasteiger partial charge < -0.3 is 35.5 Å². The Bertz CT molecular complexity index is 840. The fourth-order valence-corrected chi connectivity index (χ4v) is 4.31. The number of hydrogen-bond acceptors (Lipinski definition) is 7. The lowest BCUT2D eigenvalue weighted by Gasteiger charge is -2.28. The average molecular weight is 589 g/mol. The number of halogens is 1. The summed E-state index contributed by atoms with van der Waals surface area (Å²) in [6, 6.07) is 5.39. The van der Waals surface area contributed by atoms with Crippen LogP contribution in [-0.2, 0) is 20.7 Å². The van der Waals surface area contributed by atoms with Gasteiger partial charge in [-0.3, -0.25) is 9.59 Å². The molecule has 0 heterocycles. The lowest BCUT2D eigenvalue weighted by atomic mass is 9.82. The number of nitrogens with one attached hydrogen (secondary N) is 1. The number of benzene rings is 1. The zero-order chi connectivity index (χ0) is 29.2. The number of aliphatic carboxylic acids is 1. The lowest BCUT2D eigenvalue weighted by Crippen LogP contribution is -2.41. The minimum Gasteiger partial charge on any atom is -0.490 e. The number of carboxylic acids is 1. The number of carbonyl (C=O) groups excluding carboxylic acids is 1. The Labute approximate surface area is 246 Å². The topological polar surface area (TPSA) is 140 Å². The Morgan fingerprint density at radius 3 is 2.30 bits per heavy atom. The number of ether oxygens (including phenoxy) is 3. The molecule has 0 saturated heterocycles.